The summed E-state index contributed by atoms with van der Waals surface area (Å²) in [5.41, 5.74) is 12.8. The van der Waals surface area contributed by atoms with Gasteiger partial charge in [0.25, 0.3) is 0 Å². The van der Waals surface area contributed by atoms with E-state index in [9.17, 15) is 10.2 Å². The molecule has 0 bridgehead atoms. The number of fused-ring (bicyclic) bond motifs is 4. The number of unbranched alkanes of at least 4 members (excludes halogenated alkanes) is 14. The van der Waals surface area contributed by atoms with Gasteiger partial charge in [0.15, 0.2) is 0 Å². The maximum absolute atomic E-state index is 10.1. The number of aromatic nitrogens is 3. The second-order valence-corrected chi connectivity index (χ2v) is 31.7. The van der Waals surface area contributed by atoms with Crippen LogP contribution in [-0.2, 0) is 21.4 Å². The molecule has 3 aliphatic rings. The Morgan fingerprint density at radius 1 is 0.462 bits per heavy atom. The zero-order valence-electron chi connectivity index (χ0n) is 55.9. The van der Waals surface area contributed by atoms with Crippen molar-refractivity contribution in [3.05, 3.63) is 119 Å². The van der Waals surface area contributed by atoms with Crippen LogP contribution in [0.4, 0.5) is 0 Å². The van der Waals surface area contributed by atoms with Crippen LogP contribution in [0.25, 0.3) is 73.0 Å². The Hall–Kier alpha value is -3.42. The number of hydrogen-bond acceptors (Lipinski definition) is 10. The van der Waals surface area contributed by atoms with Crippen LogP contribution in [0.3, 0.4) is 0 Å². The highest BCUT2D eigenvalue weighted by Gasteiger charge is 2.43. The van der Waals surface area contributed by atoms with E-state index in [2.05, 4.69) is 130 Å². The van der Waals surface area contributed by atoms with E-state index < -0.39 is 0 Å². The van der Waals surface area contributed by atoms with Gasteiger partial charge < -0.3 is 28.7 Å². The number of aryl methyl sites for hydroxylation is 2. The maximum atomic E-state index is 10.1. The highest BCUT2D eigenvalue weighted by molar-refractivity contribution is 8.93. The van der Waals surface area contributed by atoms with Gasteiger partial charge in [-0.15, -0.1) is 79.3 Å². The second kappa shape index (κ2) is 37.0. The van der Waals surface area contributed by atoms with Crippen LogP contribution < -0.4 is 0 Å². The van der Waals surface area contributed by atoms with E-state index in [0.29, 0.717) is 5.92 Å². The largest absolute Gasteiger partial charge is 0.391 e. The van der Waals surface area contributed by atoms with Crippen LogP contribution in [0.15, 0.2) is 97.1 Å². The summed E-state index contributed by atoms with van der Waals surface area (Å²) < 4.78 is 13.6. The Labute approximate surface area is 596 Å². The summed E-state index contributed by atoms with van der Waals surface area (Å²) in [4.78, 5) is 12.6. The summed E-state index contributed by atoms with van der Waals surface area (Å²) >= 11 is 7.64. The number of aliphatic hydroxyl groups is 2. The van der Waals surface area contributed by atoms with Gasteiger partial charge in [0.2, 0.25) is 0 Å². The number of ether oxygens (including phenoxy) is 2. The van der Waals surface area contributed by atoms with E-state index in [1.54, 1.807) is 0 Å². The molecule has 15 heteroatoms. The molecular formula is C78H111Br2N5O4S4+2. The van der Waals surface area contributed by atoms with Crippen molar-refractivity contribution in [1.29, 1.82) is 0 Å². The highest BCUT2D eigenvalue weighted by atomic mass is 79.9. The molecule has 2 aliphatic heterocycles. The first-order chi connectivity index (χ1) is 44.1. The number of halogens is 2. The summed E-state index contributed by atoms with van der Waals surface area (Å²) in [6.45, 7) is 21.6. The molecule has 0 radical (unpaired) electrons. The Kier molecular flexibility index (Phi) is 29.9. The van der Waals surface area contributed by atoms with Crippen molar-refractivity contribution in [3.8, 4) is 62.0 Å². The fourth-order valence-corrected chi connectivity index (χ4v) is 19.5. The van der Waals surface area contributed by atoms with Crippen LogP contribution in [0.5, 0.6) is 0 Å². The molecule has 93 heavy (non-hydrogen) atoms. The van der Waals surface area contributed by atoms with Crippen molar-refractivity contribution in [2.45, 2.75) is 188 Å². The minimum atomic E-state index is -0.126. The molecule has 7 heterocycles. The number of rotatable bonds is 37. The van der Waals surface area contributed by atoms with Crippen molar-refractivity contribution in [2.24, 2.45) is 5.92 Å². The molecule has 508 valence electrons. The van der Waals surface area contributed by atoms with Crippen molar-refractivity contribution in [2.75, 3.05) is 92.0 Å². The Morgan fingerprint density at radius 2 is 0.882 bits per heavy atom. The molecule has 2 fully saturated rings. The van der Waals surface area contributed by atoms with Gasteiger partial charge in [0, 0.05) is 50.0 Å². The summed E-state index contributed by atoms with van der Waals surface area (Å²) in [6, 6.07) is 38.2. The molecule has 9 nitrogen and oxygen atoms in total. The average Bonchev–Trinajstić information content (AvgIpc) is 1.57. The van der Waals surface area contributed by atoms with Crippen LogP contribution in [-0.4, -0.2) is 126 Å². The molecule has 2 saturated heterocycles. The topological polar surface area (TPSA) is 89.6 Å². The molecule has 11 rings (SSSR count). The lowest BCUT2D eigenvalue weighted by atomic mass is 9.70. The molecule has 8 aromatic rings. The monoisotopic (exact) mass is 1470 g/mol. The number of quaternary nitrogens is 2. The smallest absolute Gasteiger partial charge is 0.122 e. The molecule has 0 amide bonds. The third kappa shape index (κ3) is 18.9. The molecule has 0 saturated carbocycles. The fraction of sp³-hybridized carbons (Fsp3) is 0.564. The number of thiophene rings is 4. The summed E-state index contributed by atoms with van der Waals surface area (Å²) in [6.07, 6.45) is 27.6. The second-order valence-electron chi connectivity index (χ2n) is 27.1. The molecule has 0 spiro atoms. The molecule has 1 aliphatic carbocycles. The fourth-order valence-electron chi connectivity index (χ4n) is 15.4. The molecule has 3 aromatic carbocycles. The van der Waals surface area contributed by atoms with Gasteiger partial charge in [0.1, 0.15) is 50.3 Å². The normalized spacial score (nSPS) is 15.8. The van der Waals surface area contributed by atoms with Crippen molar-refractivity contribution in [3.63, 3.8) is 0 Å². The van der Waals surface area contributed by atoms with Gasteiger partial charge in [-0.1, -0.05) is 148 Å². The zero-order chi connectivity index (χ0) is 62.2. The first-order valence-electron chi connectivity index (χ1n) is 35.2. The quantitative estimate of drug-likeness (QED) is 0.0298. The summed E-state index contributed by atoms with van der Waals surface area (Å²) in [5, 5.41) is 30.8. The Bertz CT molecular complexity index is 3470. The minimum Gasteiger partial charge on any atom is -0.391 e. The van der Waals surface area contributed by atoms with Gasteiger partial charge in [-0.3, -0.25) is 0 Å². The van der Waals surface area contributed by atoms with Gasteiger partial charge >= 0.3 is 0 Å². The van der Waals surface area contributed by atoms with Crippen LogP contribution in [0.1, 0.15) is 184 Å². The van der Waals surface area contributed by atoms with Crippen molar-refractivity contribution in [1.82, 2.24) is 15.0 Å². The maximum Gasteiger partial charge on any atom is 0.122 e. The SMILES string of the molecule is Br.Br.C.CCCCCCCCC(CCCCCC)Cn1nc2c(C)ccc(-c3ccc(-c4ccc(-c5ccc6c(c5)C(CCCCCC[N+]5(CCO)CCOCC5)(CCCCCC[N+]5(CCO)CCOCC5)c5cc(-c7ccc(-c8ccc(C)s8)s7)ccc5-6)s4)s3)c2n1. The number of morpholine rings is 2. The number of aliphatic hydroxyl groups excluding tert-OH is 2. The van der Waals surface area contributed by atoms with Gasteiger partial charge in [-0.2, -0.15) is 15.0 Å². The minimum absolute atomic E-state index is 0. The van der Waals surface area contributed by atoms with Crippen LogP contribution in [0, 0.1) is 19.8 Å². The van der Waals surface area contributed by atoms with E-state index in [1.807, 2.05) is 45.3 Å². The standard InChI is InChI=1S/C77H105N5O4S4.CH4.2BrH/c1-5-7-9-11-12-18-24-60(23-17-10-8-6-2)57-80-78-75-58(3)25-29-65(76(75)79-80)70-35-38-74(90-70)73-37-34-69(89-73)62-28-31-64-63-30-27-61(68-33-36-72(88-68)71-32-26-59(4)87-71)55-66(63)77(67(64)56-62,39-19-13-15-21-41-81(43-49-83)45-51-85-52-46-81)40-20-14-16-22-42-82(44-50-84)47-53-86-54-48-82;;;/h25-38,55-56,60,83-84H,5-24,39-54,57H2,1-4H3;1H4;2*1H/q+2;;;. The van der Waals surface area contributed by atoms with E-state index in [4.69, 9.17) is 19.7 Å². The van der Waals surface area contributed by atoms with Gasteiger partial charge in [0.05, 0.1) is 59.3 Å². The lowest BCUT2D eigenvalue weighted by Gasteiger charge is -2.41. The predicted molar refractivity (Wildman–Crippen MR) is 411 cm³/mol. The summed E-state index contributed by atoms with van der Waals surface area (Å²) in [5.74, 6) is 0.611. The molecule has 1 atom stereocenters. The van der Waals surface area contributed by atoms with Crippen LogP contribution >= 0.6 is 79.3 Å². The van der Waals surface area contributed by atoms with E-state index in [0.717, 1.165) is 118 Å². The summed E-state index contributed by atoms with van der Waals surface area (Å²) in [7, 11) is 0. The van der Waals surface area contributed by atoms with Crippen molar-refractivity contribution >= 4 is 90.3 Å². The number of benzene rings is 3. The first kappa shape index (κ1) is 75.4. The van der Waals surface area contributed by atoms with E-state index in [1.165, 1.54) is 212 Å². The first-order valence-corrected chi connectivity index (χ1v) is 38.5. The van der Waals surface area contributed by atoms with Gasteiger partial charge in [-0.25, -0.2) is 0 Å². The van der Waals surface area contributed by atoms with E-state index >= 15 is 0 Å². The number of nitrogens with zero attached hydrogens (tertiary/aromatic N) is 5. The molecule has 1 unspecified atom stereocenters. The average molecular weight is 1470 g/mol. The highest BCUT2D eigenvalue weighted by Crippen LogP contribution is 2.57. The molecule has 2 N–H and O–H groups in total. The van der Waals surface area contributed by atoms with Crippen molar-refractivity contribution < 1.29 is 28.7 Å². The number of hydrogen-bond donors (Lipinski definition) is 2. The Balaban J connectivity index is 0.00000370. The predicted octanol–water partition coefficient (Wildman–Crippen LogP) is 21.6. The zero-order valence-corrected chi connectivity index (χ0v) is 62.6. The molecular weight excluding hydrogens is 1360 g/mol. The lowest BCUT2D eigenvalue weighted by Crippen LogP contribution is -2.56. The molecule has 5 aromatic heterocycles. The van der Waals surface area contributed by atoms with Gasteiger partial charge in [-0.05, 0) is 171 Å². The third-order valence-electron chi connectivity index (χ3n) is 20.8. The lowest BCUT2D eigenvalue weighted by molar-refractivity contribution is -0.935. The van der Waals surface area contributed by atoms with E-state index in [-0.39, 0.29) is 60.0 Å². The Morgan fingerprint density at radius 3 is 1.39 bits per heavy atom. The third-order valence-corrected chi connectivity index (χ3v) is 25.6. The van der Waals surface area contributed by atoms with Crippen LogP contribution in [0.2, 0.25) is 0 Å².